The first kappa shape index (κ1) is 32.4. The molecular weight excluding hydrogens is 609 g/mol. The van der Waals surface area contributed by atoms with Gasteiger partial charge in [0.05, 0.1) is 11.7 Å². The van der Waals surface area contributed by atoms with Crippen LogP contribution in [0.4, 0.5) is 5.69 Å². The molecule has 0 aliphatic carbocycles. The lowest BCUT2D eigenvalue weighted by Gasteiger charge is -2.31. The molecule has 43 heavy (non-hydrogen) atoms. The normalized spacial score (nSPS) is 19.9. The molecule has 0 aromatic heterocycles. The van der Waals surface area contributed by atoms with Gasteiger partial charge in [-0.3, -0.25) is 9.59 Å². The van der Waals surface area contributed by atoms with Crippen LogP contribution in [-0.4, -0.2) is 56.5 Å². The molecule has 2 N–H and O–H groups in total. The maximum atomic E-state index is 12.1. The summed E-state index contributed by atoms with van der Waals surface area (Å²) in [5.41, 5.74) is 1.91. The Labute approximate surface area is 262 Å². The molecule has 0 radical (unpaired) electrons. The third kappa shape index (κ3) is 8.52. The van der Waals surface area contributed by atoms with Crippen molar-refractivity contribution in [3.8, 4) is 18.1 Å². The number of fused-ring (bicyclic) bond motifs is 2. The van der Waals surface area contributed by atoms with Gasteiger partial charge in [0.1, 0.15) is 11.9 Å². The molecule has 0 unspecified atom stereocenters. The van der Waals surface area contributed by atoms with Gasteiger partial charge in [-0.25, -0.2) is 12.7 Å². The van der Waals surface area contributed by atoms with Crippen molar-refractivity contribution < 1.29 is 22.7 Å². The number of hydrogen-bond donors (Lipinski definition) is 2. The van der Waals surface area contributed by atoms with Crippen LogP contribution < -0.4 is 15.4 Å². The molecule has 3 aromatic carbocycles. The SMILES string of the molecule is C#Cc1ccc(OC2CCN(S(C)(=O)=O)CC2)cc1.Clc1ccccc1.O=C1CC[C@@]2(CN1)C(=O)Nc1cc(Cl)ccc12. The number of carbonyl (C=O) groups is 2. The third-order valence-corrected chi connectivity index (χ3v) is 9.26. The quantitative estimate of drug-likeness (QED) is 0.380. The lowest BCUT2D eigenvalue weighted by atomic mass is 9.75. The van der Waals surface area contributed by atoms with E-state index in [0.717, 1.165) is 27.6 Å². The Morgan fingerprint density at radius 2 is 1.65 bits per heavy atom. The molecule has 2 saturated heterocycles. The maximum Gasteiger partial charge on any atom is 0.236 e. The molecule has 2 amide bonds. The van der Waals surface area contributed by atoms with Crippen LogP contribution in [0, 0.1) is 12.3 Å². The number of terminal acetylenes is 1. The predicted molar refractivity (Wildman–Crippen MR) is 170 cm³/mol. The summed E-state index contributed by atoms with van der Waals surface area (Å²) in [6.45, 7) is 1.41. The van der Waals surface area contributed by atoms with E-state index in [1.54, 1.807) is 12.1 Å². The summed E-state index contributed by atoms with van der Waals surface area (Å²) in [7, 11) is -3.08. The fraction of sp³-hybridized carbons (Fsp3) is 0.312. The number of nitrogens with zero attached hydrogens (tertiary/aromatic N) is 1. The number of halogens is 2. The van der Waals surface area contributed by atoms with Crippen molar-refractivity contribution in [1.29, 1.82) is 0 Å². The molecule has 2 fully saturated rings. The number of carbonyl (C=O) groups excluding carboxylic acids is 2. The Kier molecular flexibility index (Phi) is 10.7. The van der Waals surface area contributed by atoms with E-state index in [0.29, 0.717) is 50.3 Å². The molecule has 0 saturated carbocycles. The van der Waals surface area contributed by atoms with Crippen LogP contribution in [0.25, 0.3) is 0 Å². The molecule has 1 spiro atoms. The van der Waals surface area contributed by atoms with Gasteiger partial charge in [-0.1, -0.05) is 53.4 Å². The zero-order chi connectivity index (χ0) is 31.0. The first-order valence-corrected chi connectivity index (χ1v) is 16.4. The van der Waals surface area contributed by atoms with Crippen molar-refractivity contribution in [2.24, 2.45) is 0 Å². The Balaban J connectivity index is 0.000000162. The highest BCUT2D eigenvalue weighted by molar-refractivity contribution is 7.88. The van der Waals surface area contributed by atoms with Gasteiger partial charge in [0, 0.05) is 47.4 Å². The lowest BCUT2D eigenvalue weighted by molar-refractivity contribution is -0.127. The molecule has 3 heterocycles. The summed E-state index contributed by atoms with van der Waals surface area (Å²) >= 11 is 11.4. The molecule has 226 valence electrons. The van der Waals surface area contributed by atoms with E-state index in [1.807, 2.05) is 60.7 Å². The molecular formula is C32H33Cl2N3O5S. The number of amides is 2. The van der Waals surface area contributed by atoms with Gasteiger partial charge in [0.25, 0.3) is 0 Å². The number of hydrogen-bond acceptors (Lipinski definition) is 5. The van der Waals surface area contributed by atoms with E-state index in [4.69, 9.17) is 34.4 Å². The zero-order valence-electron chi connectivity index (χ0n) is 23.7. The molecule has 3 aromatic rings. The Morgan fingerprint density at radius 3 is 2.19 bits per heavy atom. The lowest BCUT2D eigenvalue weighted by Crippen LogP contribution is -2.50. The average molecular weight is 643 g/mol. The summed E-state index contributed by atoms with van der Waals surface area (Å²) < 4.78 is 30.1. The highest BCUT2D eigenvalue weighted by atomic mass is 35.5. The summed E-state index contributed by atoms with van der Waals surface area (Å²) in [6, 6.07) is 22.2. The molecule has 8 nitrogen and oxygen atoms in total. The number of piperidine rings is 2. The molecule has 3 aliphatic rings. The number of nitrogens with one attached hydrogen (secondary N) is 2. The van der Waals surface area contributed by atoms with Gasteiger partial charge in [-0.15, -0.1) is 6.42 Å². The number of anilines is 1. The van der Waals surface area contributed by atoms with E-state index < -0.39 is 15.4 Å². The molecule has 3 aliphatic heterocycles. The summed E-state index contributed by atoms with van der Waals surface area (Å²) in [5, 5.41) is 7.00. The molecule has 0 bridgehead atoms. The van der Waals surface area contributed by atoms with Gasteiger partial charge < -0.3 is 15.4 Å². The highest BCUT2D eigenvalue weighted by Crippen LogP contribution is 2.43. The van der Waals surface area contributed by atoms with Crippen LogP contribution in [0.2, 0.25) is 10.0 Å². The largest absolute Gasteiger partial charge is 0.490 e. The smallest absolute Gasteiger partial charge is 0.236 e. The maximum absolute atomic E-state index is 12.1. The van der Waals surface area contributed by atoms with Crippen molar-refractivity contribution in [2.45, 2.75) is 37.2 Å². The number of sulfonamides is 1. The zero-order valence-corrected chi connectivity index (χ0v) is 26.0. The van der Waals surface area contributed by atoms with Crippen molar-refractivity contribution in [3.63, 3.8) is 0 Å². The van der Waals surface area contributed by atoms with Crippen LogP contribution >= 0.6 is 23.2 Å². The van der Waals surface area contributed by atoms with Crippen LogP contribution in [-0.2, 0) is 25.0 Å². The van der Waals surface area contributed by atoms with Crippen molar-refractivity contribution in [1.82, 2.24) is 9.62 Å². The van der Waals surface area contributed by atoms with Gasteiger partial charge in [-0.05, 0) is 73.4 Å². The number of ether oxygens (including phenoxy) is 1. The standard InChI is InChI=1S/C14H17NO3S.C12H11ClN2O2.C6H5Cl/c1-3-12-4-6-13(7-5-12)18-14-8-10-15(11-9-14)19(2,16)17;13-7-1-2-8-9(5-7)15-11(17)12(8)4-3-10(16)14-6-12;7-6-4-2-1-3-5-6/h1,4-7,14H,8-11H2,2H3;1-2,5H,3-4,6H2,(H,14,16)(H,15,17);1-5H/t;12-;/m.0./s1. The van der Waals surface area contributed by atoms with Gasteiger partial charge in [0.15, 0.2) is 0 Å². The summed E-state index contributed by atoms with van der Waals surface area (Å²) in [5.74, 6) is 3.29. The number of benzene rings is 3. The van der Waals surface area contributed by atoms with E-state index in [1.165, 1.54) is 10.6 Å². The van der Waals surface area contributed by atoms with E-state index in [9.17, 15) is 18.0 Å². The van der Waals surface area contributed by atoms with Crippen LogP contribution in [0.1, 0.15) is 36.8 Å². The van der Waals surface area contributed by atoms with Crippen LogP contribution in [0.3, 0.4) is 0 Å². The Hall–Kier alpha value is -3.55. The minimum absolute atomic E-state index is 0.00541. The molecule has 1 atom stereocenters. The van der Waals surface area contributed by atoms with Gasteiger partial charge in [-0.2, -0.15) is 0 Å². The minimum atomic E-state index is -3.08. The first-order chi connectivity index (χ1) is 20.5. The summed E-state index contributed by atoms with van der Waals surface area (Å²) in [6.07, 6.45) is 8.96. The Bertz CT molecular complexity index is 1570. The fourth-order valence-corrected chi connectivity index (χ4v) is 6.29. The molecule has 6 rings (SSSR count). The topological polar surface area (TPSA) is 105 Å². The van der Waals surface area contributed by atoms with Crippen LogP contribution in [0.15, 0.2) is 72.8 Å². The van der Waals surface area contributed by atoms with Gasteiger partial charge >= 0.3 is 0 Å². The second-order valence-corrected chi connectivity index (χ2v) is 13.3. The van der Waals surface area contributed by atoms with Crippen molar-refractivity contribution >= 4 is 50.7 Å². The Morgan fingerprint density at radius 1 is 0.977 bits per heavy atom. The predicted octanol–water partition coefficient (Wildman–Crippen LogP) is 5.25. The monoisotopic (exact) mass is 641 g/mol. The van der Waals surface area contributed by atoms with Crippen molar-refractivity contribution in [3.05, 3.63) is 94.0 Å². The fourth-order valence-electron chi connectivity index (χ4n) is 5.10. The highest BCUT2D eigenvalue weighted by Gasteiger charge is 2.48. The van der Waals surface area contributed by atoms with Gasteiger partial charge in [0.2, 0.25) is 21.8 Å². The second kappa shape index (κ2) is 14.3. The average Bonchev–Trinajstić information content (AvgIpc) is 3.25. The van der Waals surface area contributed by atoms with E-state index in [-0.39, 0.29) is 17.9 Å². The van der Waals surface area contributed by atoms with E-state index in [2.05, 4.69) is 16.6 Å². The van der Waals surface area contributed by atoms with E-state index >= 15 is 0 Å². The molecule has 11 heteroatoms. The third-order valence-electron chi connectivity index (χ3n) is 7.47. The minimum Gasteiger partial charge on any atom is -0.490 e. The second-order valence-electron chi connectivity index (χ2n) is 10.4. The first-order valence-electron chi connectivity index (χ1n) is 13.8. The number of rotatable bonds is 3. The summed E-state index contributed by atoms with van der Waals surface area (Å²) in [4.78, 5) is 23.3. The van der Waals surface area contributed by atoms with Crippen LogP contribution in [0.5, 0.6) is 5.75 Å². The van der Waals surface area contributed by atoms with Crippen molar-refractivity contribution in [2.75, 3.05) is 31.2 Å².